The van der Waals surface area contributed by atoms with Crippen LogP contribution in [0.25, 0.3) is 0 Å². The van der Waals surface area contributed by atoms with Crippen LogP contribution in [0.5, 0.6) is 0 Å². The first-order chi connectivity index (χ1) is 11.0. The molecule has 2 aliphatic rings. The fraction of sp³-hybridized carbons (Fsp3) is 0.429. The smallest absolute Gasteiger partial charge is 0.184 e. The lowest BCUT2D eigenvalue weighted by atomic mass is 9.83. The Kier molecular flexibility index (Phi) is 3.33. The minimum Gasteiger partial charge on any atom is -0.410 e. The summed E-state index contributed by atoms with van der Waals surface area (Å²) in [6.45, 7) is 9.29. The van der Waals surface area contributed by atoms with Gasteiger partial charge in [-0.15, -0.1) is 0 Å². The Bertz CT molecular complexity index is 646. The quantitative estimate of drug-likeness (QED) is 0.659. The van der Waals surface area contributed by atoms with Crippen molar-refractivity contribution in [2.75, 3.05) is 0 Å². The van der Waals surface area contributed by atoms with Gasteiger partial charge in [0.1, 0.15) is 0 Å². The molecule has 2 heteroatoms. The first-order valence-corrected chi connectivity index (χ1v) is 12.3. The zero-order valence-electron chi connectivity index (χ0n) is 14.6. The Morgan fingerprint density at radius 3 is 1.52 bits per heavy atom. The maximum Gasteiger partial charge on any atom is 0.184 e. The van der Waals surface area contributed by atoms with Gasteiger partial charge in [-0.25, -0.2) is 0 Å². The van der Waals surface area contributed by atoms with Gasteiger partial charge >= 0.3 is 0 Å². The van der Waals surface area contributed by atoms with Gasteiger partial charge in [0.25, 0.3) is 0 Å². The van der Waals surface area contributed by atoms with Crippen LogP contribution in [-0.2, 0) is 4.43 Å². The molecule has 0 N–H and O–H groups in total. The van der Waals surface area contributed by atoms with E-state index < -0.39 is 8.32 Å². The first kappa shape index (κ1) is 15.2. The third-order valence-electron chi connectivity index (χ3n) is 5.35. The largest absolute Gasteiger partial charge is 0.410 e. The van der Waals surface area contributed by atoms with Crippen molar-refractivity contribution >= 4 is 8.32 Å². The number of hydrogen-bond acceptors (Lipinski definition) is 1. The molecule has 2 aromatic carbocycles. The van der Waals surface area contributed by atoms with Crippen LogP contribution in [-0.4, -0.2) is 13.9 Å². The van der Waals surface area contributed by atoms with Crippen molar-refractivity contribution in [2.45, 2.75) is 56.8 Å². The minimum absolute atomic E-state index is 0.0629. The predicted octanol–water partition coefficient (Wildman–Crippen LogP) is 5.67. The summed E-state index contributed by atoms with van der Waals surface area (Å²) >= 11 is 0. The summed E-state index contributed by atoms with van der Waals surface area (Å²) in [6, 6.07) is 18.1. The first-order valence-electron chi connectivity index (χ1n) is 8.86. The van der Waals surface area contributed by atoms with Crippen LogP contribution in [0.15, 0.2) is 48.5 Å². The zero-order chi connectivity index (χ0) is 16.2. The maximum atomic E-state index is 7.02. The van der Waals surface area contributed by atoms with Crippen molar-refractivity contribution in [3.63, 3.8) is 0 Å². The lowest BCUT2D eigenvalue weighted by molar-refractivity contribution is 0.0416. The SMILES string of the molecule is CCCC1(O[Si](C)(C)C)C2c3ccccc3C1c1ccccc12. The monoisotopic (exact) mass is 322 g/mol. The van der Waals surface area contributed by atoms with Crippen molar-refractivity contribution in [1.82, 2.24) is 0 Å². The van der Waals surface area contributed by atoms with Crippen LogP contribution in [0.2, 0.25) is 19.6 Å². The van der Waals surface area contributed by atoms with E-state index in [1.807, 2.05) is 0 Å². The van der Waals surface area contributed by atoms with E-state index in [9.17, 15) is 0 Å². The van der Waals surface area contributed by atoms with Gasteiger partial charge in [-0.05, 0) is 48.3 Å². The zero-order valence-corrected chi connectivity index (χ0v) is 15.6. The summed E-state index contributed by atoms with van der Waals surface area (Å²) in [5, 5.41) is 0. The molecular formula is C21H26OSi. The molecule has 2 aliphatic carbocycles. The van der Waals surface area contributed by atoms with Gasteiger partial charge < -0.3 is 4.43 Å². The molecule has 2 bridgehead atoms. The third-order valence-corrected chi connectivity index (χ3v) is 6.34. The molecule has 0 radical (unpaired) electrons. The highest BCUT2D eigenvalue weighted by Gasteiger charge is 2.61. The third kappa shape index (κ3) is 2.08. The van der Waals surface area contributed by atoms with Gasteiger partial charge in [0, 0.05) is 11.8 Å². The molecule has 0 aliphatic heterocycles. The van der Waals surface area contributed by atoms with E-state index in [0.29, 0.717) is 11.8 Å². The van der Waals surface area contributed by atoms with E-state index in [2.05, 4.69) is 75.1 Å². The van der Waals surface area contributed by atoms with Crippen LogP contribution < -0.4 is 0 Å². The lowest BCUT2D eigenvalue weighted by Gasteiger charge is -2.41. The average Bonchev–Trinajstić information content (AvgIpc) is 2.91. The fourth-order valence-electron chi connectivity index (χ4n) is 5.05. The van der Waals surface area contributed by atoms with Gasteiger partial charge in [-0.1, -0.05) is 61.9 Å². The van der Waals surface area contributed by atoms with Crippen LogP contribution in [0.4, 0.5) is 0 Å². The molecule has 120 valence electrons. The van der Waals surface area contributed by atoms with Crippen LogP contribution in [0.1, 0.15) is 53.9 Å². The summed E-state index contributed by atoms with van der Waals surface area (Å²) in [4.78, 5) is 0. The van der Waals surface area contributed by atoms with Crippen molar-refractivity contribution < 1.29 is 4.43 Å². The van der Waals surface area contributed by atoms with Crippen LogP contribution in [0.3, 0.4) is 0 Å². The second kappa shape index (κ2) is 5.06. The van der Waals surface area contributed by atoms with E-state index in [0.717, 1.165) is 6.42 Å². The summed E-state index contributed by atoms with van der Waals surface area (Å²) in [5.41, 5.74) is 5.95. The Balaban J connectivity index is 1.96. The molecule has 4 rings (SSSR count). The number of benzene rings is 2. The van der Waals surface area contributed by atoms with E-state index in [1.54, 1.807) is 0 Å². The second-order valence-corrected chi connectivity index (χ2v) is 12.5. The highest BCUT2D eigenvalue weighted by Crippen LogP contribution is 2.65. The van der Waals surface area contributed by atoms with Gasteiger partial charge in [-0.2, -0.15) is 0 Å². The molecule has 1 nitrogen and oxygen atoms in total. The van der Waals surface area contributed by atoms with Gasteiger partial charge in [0.05, 0.1) is 5.60 Å². The standard InChI is InChI=1S/C21H26OSi/c1-5-14-21(22-23(2,3)4)19-15-10-6-7-11-16(15)20(21)18-13-9-8-12-17(18)19/h6-13,19-20H,5,14H2,1-4H3. The Hall–Kier alpha value is -1.38. The van der Waals surface area contributed by atoms with Gasteiger partial charge in [0.2, 0.25) is 0 Å². The molecule has 23 heavy (non-hydrogen) atoms. The van der Waals surface area contributed by atoms with E-state index in [4.69, 9.17) is 4.43 Å². The second-order valence-electron chi connectivity index (χ2n) is 8.04. The molecule has 0 spiro atoms. The molecule has 0 atom stereocenters. The molecule has 0 fully saturated rings. The number of fused-ring (bicyclic) bond motifs is 8. The van der Waals surface area contributed by atoms with Crippen molar-refractivity contribution in [2.24, 2.45) is 0 Å². The Labute approximate surface area is 140 Å². The highest BCUT2D eigenvalue weighted by atomic mass is 28.4. The lowest BCUT2D eigenvalue weighted by Crippen LogP contribution is -2.45. The fourth-order valence-corrected chi connectivity index (χ4v) is 6.52. The topological polar surface area (TPSA) is 9.23 Å². The number of rotatable bonds is 4. The van der Waals surface area contributed by atoms with E-state index >= 15 is 0 Å². The van der Waals surface area contributed by atoms with Crippen LogP contribution >= 0.6 is 0 Å². The molecule has 0 aromatic heterocycles. The van der Waals surface area contributed by atoms with Crippen molar-refractivity contribution in [3.05, 3.63) is 70.8 Å². The summed E-state index contributed by atoms with van der Waals surface area (Å²) < 4.78 is 7.02. The summed E-state index contributed by atoms with van der Waals surface area (Å²) in [5.74, 6) is 0.818. The van der Waals surface area contributed by atoms with Crippen LogP contribution in [0, 0.1) is 0 Å². The number of hydrogen-bond donors (Lipinski definition) is 0. The van der Waals surface area contributed by atoms with Gasteiger partial charge in [-0.3, -0.25) is 0 Å². The molecule has 0 saturated heterocycles. The molecular weight excluding hydrogens is 296 g/mol. The average molecular weight is 323 g/mol. The summed E-state index contributed by atoms with van der Waals surface area (Å²) in [6.07, 6.45) is 2.30. The maximum absolute atomic E-state index is 7.02. The Morgan fingerprint density at radius 2 is 1.22 bits per heavy atom. The van der Waals surface area contributed by atoms with Crippen molar-refractivity contribution in [3.8, 4) is 0 Å². The normalized spacial score (nSPS) is 27.8. The molecule has 0 unspecified atom stereocenters. The molecule has 0 amide bonds. The molecule has 0 heterocycles. The van der Waals surface area contributed by atoms with Gasteiger partial charge in [0.15, 0.2) is 8.32 Å². The highest BCUT2D eigenvalue weighted by molar-refractivity contribution is 6.69. The minimum atomic E-state index is -1.65. The molecule has 2 aromatic rings. The van der Waals surface area contributed by atoms with Crippen molar-refractivity contribution in [1.29, 1.82) is 0 Å². The summed E-state index contributed by atoms with van der Waals surface area (Å²) in [7, 11) is -1.65. The predicted molar refractivity (Wildman–Crippen MR) is 98.6 cm³/mol. The van der Waals surface area contributed by atoms with E-state index in [-0.39, 0.29) is 5.60 Å². The molecule has 0 saturated carbocycles. The Morgan fingerprint density at radius 1 is 0.826 bits per heavy atom. The van der Waals surface area contributed by atoms with E-state index in [1.165, 1.54) is 28.7 Å².